The molecule has 0 aliphatic heterocycles. The SMILES string of the molecule is CC(C)(O)CNc1nc(-c2ccc(F)cc2)cn2c(-c3ccc(C(=O)NC4CC4)c(F)c3)cnc12. The van der Waals surface area contributed by atoms with Crippen LogP contribution < -0.4 is 10.6 Å². The summed E-state index contributed by atoms with van der Waals surface area (Å²) in [6, 6.07) is 10.5. The molecular formula is C26H25F2N5O2. The molecule has 1 amide bonds. The third-order valence-electron chi connectivity index (χ3n) is 5.74. The lowest BCUT2D eigenvalue weighted by Gasteiger charge is -2.19. The molecule has 9 heteroatoms. The number of hydrogen-bond acceptors (Lipinski definition) is 5. The van der Waals surface area contributed by atoms with E-state index in [1.807, 2.05) is 0 Å². The zero-order chi connectivity index (χ0) is 24.7. The molecule has 7 nitrogen and oxygen atoms in total. The summed E-state index contributed by atoms with van der Waals surface area (Å²) in [6.07, 6.45) is 5.17. The molecule has 1 fully saturated rings. The molecule has 0 radical (unpaired) electrons. The number of amides is 1. The number of fused-ring (bicyclic) bond motifs is 1. The number of rotatable bonds is 7. The minimum absolute atomic E-state index is 0.00401. The van der Waals surface area contributed by atoms with Crippen LogP contribution in [0, 0.1) is 11.6 Å². The van der Waals surface area contributed by atoms with Gasteiger partial charge in [-0.1, -0.05) is 6.07 Å². The van der Waals surface area contributed by atoms with Crippen LogP contribution in [0.15, 0.2) is 54.9 Å². The van der Waals surface area contributed by atoms with Crippen LogP contribution in [0.3, 0.4) is 0 Å². The van der Waals surface area contributed by atoms with Crippen molar-refractivity contribution in [2.75, 3.05) is 11.9 Å². The van der Waals surface area contributed by atoms with E-state index in [4.69, 9.17) is 0 Å². The number of imidazole rings is 1. The van der Waals surface area contributed by atoms with Gasteiger partial charge in [-0.05, 0) is 63.1 Å². The van der Waals surface area contributed by atoms with Crippen molar-refractivity contribution in [3.8, 4) is 22.5 Å². The first kappa shape index (κ1) is 22.9. The van der Waals surface area contributed by atoms with Gasteiger partial charge in [-0.2, -0.15) is 0 Å². The lowest BCUT2D eigenvalue weighted by atomic mass is 10.1. The number of anilines is 1. The van der Waals surface area contributed by atoms with Crippen molar-refractivity contribution in [2.45, 2.75) is 38.3 Å². The van der Waals surface area contributed by atoms with Gasteiger partial charge in [0.25, 0.3) is 5.91 Å². The van der Waals surface area contributed by atoms with E-state index in [2.05, 4.69) is 20.6 Å². The van der Waals surface area contributed by atoms with Crippen LogP contribution in [-0.4, -0.2) is 43.6 Å². The zero-order valence-corrected chi connectivity index (χ0v) is 19.3. The van der Waals surface area contributed by atoms with Gasteiger partial charge in [-0.3, -0.25) is 9.20 Å². The molecule has 5 rings (SSSR count). The summed E-state index contributed by atoms with van der Waals surface area (Å²) < 4.78 is 30.1. The molecule has 180 valence electrons. The van der Waals surface area contributed by atoms with Gasteiger partial charge < -0.3 is 15.7 Å². The summed E-state index contributed by atoms with van der Waals surface area (Å²) in [6.45, 7) is 3.55. The Labute approximate surface area is 200 Å². The number of aromatic nitrogens is 3. The zero-order valence-electron chi connectivity index (χ0n) is 19.3. The van der Waals surface area contributed by atoms with Crippen molar-refractivity contribution >= 4 is 17.4 Å². The van der Waals surface area contributed by atoms with Crippen molar-refractivity contribution in [3.05, 3.63) is 72.1 Å². The first-order chi connectivity index (χ1) is 16.7. The van der Waals surface area contributed by atoms with E-state index >= 15 is 0 Å². The molecule has 2 aromatic carbocycles. The van der Waals surface area contributed by atoms with Gasteiger partial charge >= 0.3 is 0 Å². The highest BCUT2D eigenvalue weighted by Crippen LogP contribution is 2.29. The van der Waals surface area contributed by atoms with E-state index in [9.17, 15) is 18.7 Å². The van der Waals surface area contributed by atoms with Gasteiger partial charge in [0.05, 0.1) is 28.7 Å². The molecule has 0 bridgehead atoms. The first-order valence-corrected chi connectivity index (χ1v) is 11.4. The van der Waals surface area contributed by atoms with Gasteiger partial charge in [0.1, 0.15) is 11.6 Å². The number of carbonyl (C=O) groups excluding carboxylic acids is 1. The number of hydrogen-bond donors (Lipinski definition) is 3. The predicted octanol–water partition coefficient (Wildman–Crippen LogP) is 4.42. The van der Waals surface area contributed by atoms with Crippen molar-refractivity contribution in [3.63, 3.8) is 0 Å². The van der Waals surface area contributed by atoms with Gasteiger partial charge in [0.2, 0.25) is 0 Å². The number of carbonyl (C=O) groups is 1. The fourth-order valence-electron chi connectivity index (χ4n) is 3.73. The Kier molecular flexibility index (Phi) is 5.72. The van der Waals surface area contributed by atoms with E-state index in [1.165, 1.54) is 24.3 Å². The van der Waals surface area contributed by atoms with E-state index in [-0.39, 0.29) is 24.0 Å². The third kappa shape index (κ3) is 5.00. The fourth-order valence-corrected chi connectivity index (χ4v) is 3.73. The second-order valence-electron chi connectivity index (χ2n) is 9.43. The van der Waals surface area contributed by atoms with Crippen LogP contribution in [0.2, 0.25) is 0 Å². The lowest BCUT2D eigenvalue weighted by Crippen LogP contribution is -2.29. The first-order valence-electron chi connectivity index (χ1n) is 11.4. The fraction of sp³-hybridized carbons (Fsp3) is 0.269. The van der Waals surface area contributed by atoms with Crippen molar-refractivity contribution < 1.29 is 18.7 Å². The second-order valence-corrected chi connectivity index (χ2v) is 9.43. The van der Waals surface area contributed by atoms with Crippen molar-refractivity contribution in [1.29, 1.82) is 0 Å². The van der Waals surface area contributed by atoms with Gasteiger partial charge in [0, 0.05) is 29.9 Å². The molecule has 4 aromatic rings. The molecule has 1 aliphatic carbocycles. The molecule has 1 saturated carbocycles. The summed E-state index contributed by atoms with van der Waals surface area (Å²) >= 11 is 0. The molecule has 1 aliphatic rings. The van der Waals surface area contributed by atoms with E-state index in [1.54, 1.807) is 48.8 Å². The minimum Gasteiger partial charge on any atom is -0.389 e. The quantitative estimate of drug-likeness (QED) is 0.367. The monoisotopic (exact) mass is 477 g/mol. The smallest absolute Gasteiger partial charge is 0.254 e. The van der Waals surface area contributed by atoms with Crippen LogP contribution in [0.1, 0.15) is 37.0 Å². The molecule has 0 saturated heterocycles. The maximum absolute atomic E-state index is 14.9. The predicted molar refractivity (Wildman–Crippen MR) is 129 cm³/mol. The highest BCUT2D eigenvalue weighted by Gasteiger charge is 2.25. The van der Waals surface area contributed by atoms with Crippen LogP contribution in [0.4, 0.5) is 14.6 Å². The average Bonchev–Trinajstić information content (AvgIpc) is 3.52. The maximum Gasteiger partial charge on any atom is 0.254 e. The number of halogens is 2. The molecule has 0 spiro atoms. The molecular weight excluding hydrogens is 452 g/mol. The topological polar surface area (TPSA) is 91.5 Å². The summed E-state index contributed by atoms with van der Waals surface area (Å²) in [5.74, 6) is -0.986. The Morgan fingerprint density at radius 3 is 2.51 bits per heavy atom. The highest BCUT2D eigenvalue weighted by atomic mass is 19.1. The highest BCUT2D eigenvalue weighted by molar-refractivity contribution is 5.95. The maximum atomic E-state index is 14.9. The second kappa shape index (κ2) is 8.74. The standard InChI is InChI=1S/C26H25F2N5O2/c1-26(2,35)14-30-23-24-29-12-22(33(24)13-21(32-23)15-3-6-17(27)7-4-15)16-5-10-19(20(28)11-16)25(34)31-18-8-9-18/h3-7,10-13,18,35H,8-9,14H2,1-2H3,(H,30,32)(H,31,34). The summed E-state index contributed by atoms with van der Waals surface area (Å²) in [7, 11) is 0. The number of nitrogens with zero attached hydrogens (tertiary/aromatic N) is 3. The molecule has 2 heterocycles. The van der Waals surface area contributed by atoms with Gasteiger partial charge in [-0.15, -0.1) is 0 Å². The summed E-state index contributed by atoms with van der Waals surface area (Å²) in [5.41, 5.74) is 1.81. The largest absolute Gasteiger partial charge is 0.389 e. The van der Waals surface area contributed by atoms with E-state index < -0.39 is 17.3 Å². The van der Waals surface area contributed by atoms with Crippen LogP contribution in [-0.2, 0) is 0 Å². The Morgan fingerprint density at radius 2 is 1.86 bits per heavy atom. The average molecular weight is 478 g/mol. The molecule has 0 unspecified atom stereocenters. The lowest BCUT2D eigenvalue weighted by molar-refractivity contribution is 0.0938. The van der Waals surface area contributed by atoms with E-state index in [0.29, 0.717) is 34.0 Å². The number of aliphatic hydroxyl groups is 1. The van der Waals surface area contributed by atoms with Gasteiger partial charge in [-0.25, -0.2) is 18.7 Å². The molecule has 35 heavy (non-hydrogen) atoms. The Morgan fingerprint density at radius 1 is 1.14 bits per heavy atom. The summed E-state index contributed by atoms with van der Waals surface area (Å²) in [5, 5.41) is 16.1. The van der Waals surface area contributed by atoms with Crippen LogP contribution in [0.5, 0.6) is 0 Å². The number of benzene rings is 2. The Balaban J connectivity index is 1.58. The van der Waals surface area contributed by atoms with Crippen molar-refractivity contribution in [2.24, 2.45) is 0 Å². The normalized spacial score (nSPS) is 13.7. The van der Waals surface area contributed by atoms with Crippen molar-refractivity contribution in [1.82, 2.24) is 19.7 Å². The third-order valence-corrected chi connectivity index (χ3v) is 5.74. The van der Waals surface area contributed by atoms with Crippen LogP contribution >= 0.6 is 0 Å². The Bertz CT molecular complexity index is 1410. The molecule has 0 atom stereocenters. The number of nitrogens with one attached hydrogen (secondary N) is 2. The summed E-state index contributed by atoms with van der Waals surface area (Å²) in [4.78, 5) is 21.4. The molecule has 3 N–H and O–H groups in total. The van der Waals surface area contributed by atoms with Gasteiger partial charge in [0.15, 0.2) is 11.5 Å². The molecule has 2 aromatic heterocycles. The Hall–Kier alpha value is -3.85. The van der Waals surface area contributed by atoms with E-state index in [0.717, 1.165) is 12.8 Å². The van der Waals surface area contributed by atoms with Crippen LogP contribution in [0.25, 0.3) is 28.2 Å². The minimum atomic E-state index is -1.00.